The molecule has 0 radical (unpaired) electrons. The van der Waals surface area contributed by atoms with E-state index in [0.29, 0.717) is 18.5 Å². The summed E-state index contributed by atoms with van der Waals surface area (Å²) in [4.78, 5) is 12.7. The summed E-state index contributed by atoms with van der Waals surface area (Å²) in [7, 11) is 0. The highest BCUT2D eigenvalue weighted by atomic mass is 16.1. The molecule has 0 saturated carbocycles. The highest BCUT2D eigenvalue weighted by Crippen LogP contribution is 2.30. The largest absolute Gasteiger partial charge is 0.368 e. The fourth-order valence-corrected chi connectivity index (χ4v) is 1.68. The number of primary amides is 1. The van der Waals surface area contributed by atoms with E-state index in [1.165, 1.54) is 0 Å². The van der Waals surface area contributed by atoms with Crippen LogP contribution in [0.4, 0.5) is 0 Å². The van der Waals surface area contributed by atoms with Crippen molar-refractivity contribution < 1.29 is 4.79 Å². The van der Waals surface area contributed by atoms with Crippen molar-refractivity contribution in [1.82, 2.24) is 4.90 Å². The van der Waals surface area contributed by atoms with Crippen LogP contribution in [0.5, 0.6) is 0 Å². The van der Waals surface area contributed by atoms with E-state index in [9.17, 15) is 4.79 Å². The number of hydrogen-bond donors (Lipinski definition) is 1. The minimum Gasteiger partial charge on any atom is -0.368 e. The van der Waals surface area contributed by atoms with E-state index in [4.69, 9.17) is 5.73 Å². The normalized spacial score (nSPS) is 29.5. The molecule has 0 aromatic heterocycles. The van der Waals surface area contributed by atoms with E-state index < -0.39 is 0 Å². The van der Waals surface area contributed by atoms with Gasteiger partial charge in [-0.2, -0.15) is 0 Å². The molecule has 12 heavy (non-hydrogen) atoms. The second-order valence-corrected chi connectivity index (χ2v) is 3.58. The summed E-state index contributed by atoms with van der Waals surface area (Å²) in [5, 5.41) is 0. The van der Waals surface area contributed by atoms with Crippen LogP contribution in [0.25, 0.3) is 0 Å². The van der Waals surface area contributed by atoms with Crippen LogP contribution < -0.4 is 5.73 Å². The van der Waals surface area contributed by atoms with Crippen molar-refractivity contribution in [1.29, 1.82) is 0 Å². The first-order valence-corrected chi connectivity index (χ1v) is 4.25. The third-order valence-corrected chi connectivity index (χ3v) is 2.61. The van der Waals surface area contributed by atoms with Crippen LogP contribution in [0.1, 0.15) is 20.3 Å². The maximum Gasteiger partial charge on any atom is 0.236 e. The lowest BCUT2D eigenvalue weighted by atomic mass is 10.0. The molecule has 2 N–H and O–H groups in total. The zero-order valence-electron chi connectivity index (χ0n) is 7.71. The molecule has 2 unspecified atom stereocenters. The molecular weight excluding hydrogens is 152 g/mol. The molecule has 0 bridgehead atoms. The molecule has 68 valence electrons. The molecule has 0 aromatic rings. The molecule has 1 fully saturated rings. The van der Waals surface area contributed by atoms with E-state index in [2.05, 4.69) is 20.4 Å². The third-order valence-electron chi connectivity index (χ3n) is 2.61. The van der Waals surface area contributed by atoms with Crippen molar-refractivity contribution in [2.45, 2.75) is 26.3 Å². The molecular formula is C9H16N2O. The fraction of sp³-hybridized carbons (Fsp3) is 0.667. The van der Waals surface area contributed by atoms with Crippen molar-refractivity contribution in [2.75, 3.05) is 6.54 Å². The molecule has 1 heterocycles. The second-order valence-electron chi connectivity index (χ2n) is 3.58. The quantitative estimate of drug-likeness (QED) is 0.660. The lowest BCUT2D eigenvalue weighted by molar-refractivity contribution is -0.119. The molecule has 0 aliphatic carbocycles. The van der Waals surface area contributed by atoms with Crippen molar-refractivity contribution in [2.24, 2.45) is 11.7 Å². The average Bonchev–Trinajstić information content (AvgIpc) is 2.16. The minimum atomic E-state index is -0.280. The van der Waals surface area contributed by atoms with Crippen LogP contribution in [0.2, 0.25) is 0 Å². The van der Waals surface area contributed by atoms with Gasteiger partial charge in [-0.25, -0.2) is 0 Å². The van der Waals surface area contributed by atoms with E-state index in [1.807, 2.05) is 4.90 Å². The van der Waals surface area contributed by atoms with Gasteiger partial charge in [-0.1, -0.05) is 13.5 Å². The molecule has 1 rings (SSSR count). The first-order valence-electron chi connectivity index (χ1n) is 4.25. The Hall–Kier alpha value is -0.990. The molecule has 3 nitrogen and oxygen atoms in total. The van der Waals surface area contributed by atoms with E-state index >= 15 is 0 Å². The van der Waals surface area contributed by atoms with Gasteiger partial charge in [-0.05, 0) is 19.3 Å². The highest BCUT2D eigenvalue weighted by molar-refractivity contribution is 5.76. The lowest BCUT2D eigenvalue weighted by Gasteiger charge is -2.24. The van der Waals surface area contributed by atoms with Crippen molar-refractivity contribution in [3.8, 4) is 0 Å². The molecule has 0 spiro atoms. The molecule has 3 heteroatoms. The Balaban J connectivity index is 2.63. The number of nitrogens with zero attached hydrogens (tertiary/aromatic N) is 1. The van der Waals surface area contributed by atoms with Crippen LogP contribution in [-0.4, -0.2) is 23.4 Å². The molecule has 1 saturated heterocycles. The number of allylic oxidation sites excluding steroid dienone is 1. The summed E-state index contributed by atoms with van der Waals surface area (Å²) in [5.74, 6) is 0.300. The van der Waals surface area contributed by atoms with Crippen LogP contribution in [-0.2, 0) is 4.79 Å². The Bertz CT molecular complexity index is 213. The number of carbonyl (C=O) groups is 1. The topological polar surface area (TPSA) is 46.3 Å². The maximum atomic E-state index is 10.7. The molecule has 2 atom stereocenters. The monoisotopic (exact) mass is 168 g/mol. The standard InChI is InChI=1S/C9H16N2O/c1-6-4-7(2)11(8(6)3)5-9(10)12/h6,8H,2,4-5H2,1,3H3,(H2,10,12). The van der Waals surface area contributed by atoms with Crippen molar-refractivity contribution in [3.63, 3.8) is 0 Å². The number of rotatable bonds is 2. The van der Waals surface area contributed by atoms with Gasteiger partial charge in [0.15, 0.2) is 0 Å². The molecule has 1 aliphatic rings. The van der Waals surface area contributed by atoms with Gasteiger partial charge in [0.1, 0.15) is 0 Å². The zero-order valence-corrected chi connectivity index (χ0v) is 7.71. The summed E-state index contributed by atoms with van der Waals surface area (Å²) < 4.78 is 0. The predicted octanol–water partition coefficient (Wildman–Crippen LogP) is 0.716. The van der Waals surface area contributed by atoms with Crippen LogP contribution in [0, 0.1) is 5.92 Å². The van der Waals surface area contributed by atoms with Gasteiger partial charge >= 0.3 is 0 Å². The Morgan fingerprint density at radius 3 is 2.67 bits per heavy atom. The first-order chi connectivity index (χ1) is 5.52. The van der Waals surface area contributed by atoms with E-state index in [0.717, 1.165) is 12.1 Å². The summed E-state index contributed by atoms with van der Waals surface area (Å²) in [6, 6.07) is 0.394. The van der Waals surface area contributed by atoms with Crippen LogP contribution >= 0.6 is 0 Å². The number of nitrogens with two attached hydrogens (primary N) is 1. The van der Waals surface area contributed by atoms with Gasteiger partial charge in [-0.3, -0.25) is 4.79 Å². The second kappa shape index (κ2) is 3.17. The van der Waals surface area contributed by atoms with Crippen molar-refractivity contribution >= 4 is 5.91 Å². The minimum absolute atomic E-state index is 0.280. The number of hydrogen-bond acceptors (Lipinski definition) is 2. The SMILES string of the molecule is C=C1CC(C)C(C)N1CC(N)=O. The van der Waals surface area contributed by atoms with Gasteiger partial charge in [0.25, 0.3) is 0 Å². The number of carbonyl (C=O) groups excluding carboxylic acids is 1. The lowest BCUT2D eigenvalue weighted by Crippen LogP contribution is -2.36. The van der Waals surface area contributed by atoms with E-state index in [1.54, 1.807) is 0 Å². The van der Waals surface area contributed by atoms with Gasteiger partial charge in [-0.15, -0.1) is 0 Å². The Kier molecular flexibility index (Phi) is 2.40. The smallest absolute Gasteiger partial charge is 0.236 e. The summed E-state index contributed by atoms with van der Waals surface area (Å²) in [6.07, 6.45) is 0.981. The van der Waals surface area contributed by atoms with Gasteiger partial charge in [0.05, 0.1) is 6.54 Å². The highest BCUT2D eigenvalue weighted by Gasteiger charge is 2.30. The maximum absolute atomic E-state index is 10.7. The van der Waals surface area contributed by atoms with Gasteiger partial charge in [0, 0.05) is 11.7 Å². The number of likely N-dealkylation sites (tertiary alicyclic amines) is 1. The average molecular weight is 168 g/mol. The van der Waals surface area contributed by atoms with Crippen LogP contribution in [0.15, 0.2) is 12.3 Å². The summed E-state index contributed by atoms with van der Waals surface area (Å²) in [6.45, 7) is 8.48. The predicted molar refractivity (Wildman–Crippen MR) is 48.3 cm³/mol. The molecule has 0 aromatic carbocycles. The summed E-state index contributed by atoms with van der Waals surface area (Å²) in [5.41, 5.74) is 6.16. The third kappa shape index (κ3) is 1.60. The number of amides is 1. The molecule has 1 amide bonds. The van der Waals surface area contributed by atoms with Crippen LogP contribution in [0.3, 0.4) is 0 Å². The summed E-state index contributed by atoms with van der Waals surface area (Å²) >= 11 is 0. The molecule has 1 aliphatic heterocycles. The fourth-order valence-electron chi connectivity index (χ4n) is 1.68. The first kappa shape index (κ1) is 9.10. The Morgan fingerprint density at radius 1 is 1.75 bits per heavy atom. The zero-order chi connectivity index (χ0) is 9.30. The van der Waals surface area contributed by atoms with E-state index in [-0.39, 0.29) is 5.91 Å². The van der Waals surface area contributed by atoms with Gasteiger partial charge in [0.2, 0.25) is 5.91 Å². The van der Waals surface area contributed by atoms with Crippen molar-refractivity contribution in [3.05, 3.63) is 12.3 Å². The van der Waals surface area contributed by atoms with Gasteiger partial charge < -0.3 is 10.6 Å². The Morgan fingerprint density at radius 2 is 2.33 bits per heavy atom. The Labute approximate surface area is 73.2 Å².